The van der Waals surface area contributed by atoms with Crippen LogP contribution in [0.3, 0.4) is 0 Å². The molecule has 0 bridgehead atoms. The van der Waals surface area contributed by atoms with Crippen molar-refractivity contribution in [3.63, 3.8) is 0 Å². The Morgan fingerprint density at radius 1 is 0.870 bits per heavy atom. The average Bonchev–Trinajstić information content (AvgIpc) is 2.53. The van der Waals surface area contributed by atoms with Crippen LogP contribution in [-0.4, -0.2) is 13.0 Å². The first-order valence-corrected chi connectivity index (χ1v) is 8.07. The van der Waals surface area contributed by atoms with E-state index >= 15 is 0 Å². The van der Waals surface area contributed by atoms with E-state index in [4.69, 9.17) is 4.55 Å². The zero-order valence-electron chi connectivity index (χ0n) is 11.7. The van der Waals surface area contributed by atoms with Crippen molar-refractivity contribution in [1.29, 1.82) is 0 Å². The van der Waals surface area contributed by atoms with E-state index in [9.17, 15) is 13.5 Å². The molecule has 1 N–H and O–H groups in total. The van der Waals surface area contributed by atoms with Crippen LogP contribution in [0.15, 0.2) is 75.8 Å². The molecule has 3 rings (SSSR count). The Morgan fingerprint density at radius 3 is 2.26 bits per heavy atom. The van der Waals surface area contributed by atoms with Crippen molar-refractivity contribution in [1.82, 2.24) is 0 Å². The van der Waals surface area contributed by atoms with E-state index in [0.717, 1.165) is 5.39 Å². The molecule has 3 aromatic rings. The summed E-state index contributed by atoms with van der Waals surface area (Å²) in [5, 5.41) is 21.5. The lowest BCUT2D eigenvalue weighted by Crippen LogP contribution is -1.96. The van der Waals surface area contributed by atoms with Crippen molar-refractivity contribution in [2.75, 3.05) is 0 Å². The maximum atomic E-state index is 12.0. The van der Waals surface area contributed by atoms with Gasteiger partial charge < -0.3 is 5.11 Å². The van der Waals surface area contributed by atoms with Crippen LogP contribution in [0.4, 0.5) is 11.4 Å². The minimum atomic E-state index is -4.24. The van der Waals surface area contributed by atoms with Gasteiger partial charge in [0.25, 0.3) is 10.1 Å². The van der Waals surface area contributed by atoms with E-state index in [1.807, 2.05) is 18.2 Å². The van der Waals surface area contributed by atoms with Gasteiger partial charge in [0, 0.05) is 5.39 Å². The molecule has 7 heteroatoms. The van der Waals surface area contributed by atoms with Crippen LogP contribution in [0, 0.1) is 0 Å². The van der Waals surface area contributed by atoms with E-state index in [1.54, 1.807) is 12.1 Å². The molecule has 0 saturated heterocycles. The molecular formula is C16H11N2O4S-. The number of nitrogens with zero attached hydrogens (tertiary/aromatic N) is 2. The topological polar surface area (TPSA) is 102 Å². The van der Waals surface area contributed by atoms with Crippen LogP contribution in [0.1, 0.15) is 0 Å². The first-order chi connectivity index (χ1) is 10.9. The van der Waals surface area contributed by atoms with Gasteiger partial charge in [0.15, 0.2) is 0 Å². The Labute approximate surface area is 132 Å². The Balaban J connectivity index is 1.99. The summed E-state index contributed by atoms with van der Waals surface area (Å²) in [5.41, 5.74) is 0.590. The summed E-state index contributed by atoms with van der Waals surface area (Å²) in [6.45, 7) is 0. The summed E-state index contributed by atoms with van der Waals surface area (Å²) in [6, 6.07) is 15.7. The van der Waals surface area contributed by atoms with Gasteiger partial charge >= 0.3 is 0 Å². The van der Waals surface area contributed by atoms with Gasteiger partial charge in [0.2, 0.25) is 0 Å². The number of azo groups is 1. The summed E-state index contributed by atoms with van der Waals surface area (Å²) in [4.78, 5) is -0.230. The first kappa shape index (κ1) is 15.1. The third kappa shape index (κ3) is 3.20. The fourth-order valence-electron chi connectivity index (χ4n) is 2.13. The van der Waals surface area contributed by atoms with Crippen molar-refractivity contribution in [3.8, 4) is 5.75 Å². The summed E-state index contributed by atoms with van der Waals surface area (Å²) in [5.74, 6) is -0.248. The fraction of sp³-hybridized carbons (Fsp3) is 0. The van der Waals surface area contributed by atoms with Crippen LogP contribution in [0.5, 0.6) is 5.75 Å². The molecule has 0 atom stereocenters. The summed E-state index contributed by atoms with van der Waals surface area (Å²) in [7, 11) is -4.24. The fourth-order valence-corrected chi connectivity index (χ4v) is 2.61. The van der Waals surface area contributed by atoms with Crippen LogP contribution in [0.2, 0.25) is 0 Å². The normalized spacial score (nSPS) is 12.0. The second kappa shape index (κ2) is 5.79. The lowest BCUT2D eigenvalue weighted by Gasteiger charge is -2.11. The molecule has 23 heavy (non-hydrogen) atoms. The van der Waals surface area contributed by atoms with E-state index in [0.29, 0.717) is 11.1 Å². The molecule has 0 heterocycles. The highest BCUT2D eigenvalue weighted by Crippen LogP contribution is 2.34. The van der Waals surface area contributed by atoms with Gasteiger partial charge in [-0.05, 0) is 29.7 Å². The Hall–Kier alpha value is -2.77. The molecule has 0 amide bonds. The number of rotatable bonds is 3. The van der Waals surface area contributed by atoms with Gasteiger partial charge in [-0.15, -0.1) is 0 Å². The van der Waals surface area contributed by atoms with Crippen molar-refractivity contribution in [2.45, 2.75) is 4.90 Å². The second-order valence-electron chi connectivity index (χ2n) is 4.80. The number of fused-ring (bicyclic) bond motifs is 1. The van der Waals surface area contributed by atoms with Crippen LogP contribution in [-0.2, 0) is 10.1 Å². The highest BCUT2D eigenvalue weighted by atomic mass is 32.2. The molecule has 3 aromatic carbocycles. The Kier molecular flexibility index (Phi) is 3.81. The minimum absolute atomic E-state index is 0.224. The highest BCUT2D eigenvalue weighted by Gasteiger charge is 2.08. The second-order valence-corrected chi connectivity index (χ2v) is 6.22. The molecule has 0 saturated carbocycles. The van der Waals surface area contributed by atoms with E-state index < -0.39 is 10.1 Å². The van der Waals surface area contributed by atoms with Gasteiger partial charge in [-0.25, -0.2) is 0 Å². The molecular weight excluding hydrogens is 316 g/mol. The quantitative estimate of drug-likeness (QED) is 0.586. The summed E-state index contributed by atoms with van der Waals surface area (Å²) < 4.78 is 30.9. The number of hydrogen-bond acceptors (Lipinski definition) is 5. The molecule has 0 radical (unpaired) electrons. The number of benzene rings is 3. The van der Waals surface area contributed by atoms with Crippen molar-refractivity contribution < 1.29 is 18.1 Å². The summed E-state index contributed by atoms with van der Waals surface area (Å²) in [6.07, 6.45) is 0. The zero-order valence-corrected chi connectivity index (χ0v) is 12.6. The van der Waals surface area contributed by atoms with Crippen molar-refractivity contribution >= 4 is 32.3 Å². The predicted octanol–water partition coefficient (Wildman–Crippen LogP) is 3.58. The van der Waals surface area contributed by atoms with Gasteiger partial charge in [-0.2, -0.15) is 18.6 Å². The third-order valence-electron chi connectivity index (χ3n) is 3.26. The standard InChI is InChI=1S/C16H12N2O4S/c19-15-10-5-11-3-1-2-4-14(11)16(15)18-17-12-6-8-13(9-7-12)23(20,21)22/h1-10,19H,(H,20,21,22)/p-1. The molecule has 116 valence electrons. The highest BCUT2D eigenvalue weighted by molar-refractivity contribution is 7.85. The average molecular weight is 327 g/mol. The van der Waals surface area contributed by atoms with Crippen LogP contribution < -0.4 is 5.11 Å². The Morgan fingerprint density at radius 2 is 1.57 bits per heavy atom. The van der Waals surface area contributed by atoms with Gasteiger partial charge in [0.05, 0.1) is 16.3 Å². The molecule has 0 aliphatic rings. The number of hydrogen-bond donors (Lipinski definition) is 1. The van der Waals surface area contributed by atoms with Gasteiger partial charge in [0.1, 0.15) is 0 Å². The predicted molar refractivity (Wildman–Crippen MR) is 83.8 cm³/mol. The minimum Gasteiger partial charge on any atom is -0.871 e. The molecule has 0 aliphatic heterocycles. The lowest BCUT2D eigenvalue weighted by atomic mass is 10.1. The van der Waals surface area contributed by atoms with Gasteiger partial charge in [-0.3, -0.25) is 4.55 Å². The smallest absolute Gasteiger partial charge is 0.294 e. The molecule has 0 aliphatic carbocycles. The van der Waals surface area contributed by atoms with E-state index in [2.05, 4.69) is 10.2 Å². The van der Waals surface area contributed by atoms with Crippen molar-refractivity contribution in [2.24, 2.45) is 10.2 Å². The van der Waals surface area contributed by atoms with Crippen LogP contribution >= 0.6 is 0 Å². The molecule has 0 fully saturated rings. The molecule has 0 unspecified atom stereocenters. The maximum absolute atomic E-state index is 12.0. The SMILES string of the molecule is O=S(=O)(O)c1ccc(N=Nc2c([O-])ccc3ccccc23)cc1. The summed E-state index contributed by atoms with van der Waals surface area (Å²) >= 11 is 0. The Bertz CT molecular complexity index is 996. The molecule has 6 nitrogen and oxygen atoms in total. The third-order valence-corrected chi connectivity index (χ3v) is 4.13. The van der Waals surface area contributed by atoms with E-state index in [-0.39, 0.29) is 16.3 Å². The lowest BCUT2D eigenvalue weighted by molar-refractivity contribution is -0.267. The zero-order chi connectivity index (χ0) is 16.4. The van der Waals surface area contributed by atoms with Crippen LogP contribution in [0.25, 0.3) is 10.8 Å². The molecule has 0 spiro atoms. The largest absolute Gasteiger partial charge is 0.871 e. The van der Waals surface area contributed by atoms with E-state index in [1.165, 1.54) is 30.3 Å². The monoisotopic (exact) mass is 327 g/mol. The first-order valence-electron chi connectivity index (χ1n) is 6.63. The van der Waals surface area contributed by atoms with Gasteiger partial charge in [-0.1, -0.05) is 42.1 Å². The van der Waals surface area contributed by atoms with Crippen molar-refractivity contribution in [3.05, 3.63) is 60.7 Å². The molecule has 0 aromatic heterocycles. The maximum Gasteiger partial charge on any atom is 0.294 e.